The molecule has 0 saturated carbocycles. The van der Waals surface area contributed by atoms with Crippen molar-refractivity contribution in [3.8, 4) is 5.69 Å². The van der Waals surface area contributed by atoms with Crippen molar-refractivity contribution < 1.29 is 0 Å². The Morgan fingerprint density at radius 1 is 1.32 bits per heavy atom. The van der Waals surface area contributed by atoms with Gasteiger partial charge in [0.15, 0.2) is 0 Å². The lowest BCUT2D eigenvalue weighted by Crippen LogP contribution is -2.29. The molecule has 3 rings (SSSR count). The molecule has 5 heteroatoms. The first-order chi connectivity index (χ1) is 9.35. The number of para-hydroxylation sites is 1. The Labute approximate surface area is 113 Å². The van der Waals surface area contributed by atoms with E-state index in [4.69, 9.17) is 0 Å². The lowest BCUT2D eigenvalue weighted by molar-refractivity contribution is 0.318. The van der Waals surface area contributed by atoms with Gasteiger partial charge in [0.2, 0.25) is 0 Å². The van der Waals surface area contributed by atoms with Crippen LogP contribution in [0, 0.1) is 0 Å². The number of hydrogen-bond acceptors (Lipinski definition) is 4. The van der Waals surface area contributed by atoms with Crippen LogP contribution in [0.3, 0.4) is 0 Å². The Morgan fingerprint density at radius 3 is 2.89 bits per heavy atom. The zero-order valence-electron chi connectivity index (χ0n) is 11.2. The zero-order chi connectivity index (χ0) is 13.1. The molecule has 0 radical (unpaired) electrons. The fourth-order valence-electron chi connectivity index (χ4n) is 2.49. The monoisotopic (exact) mass is 257 g/mol. The molecule has 0 spiro atoms. The van der Waals surface area contributed by atoms with Crippen LogP contribution in [-0.2, 0) is 6.54 Å². The predicted octanol–water partition coefficient (Wildman–Crippen LogP) is 1.06. The first-order valence-corrected chi connectivity index (χ1v) is 6.71. The van der Waals surface area contributed by atoms with Gasteiger partial charge in [0.25, 0.3) is 0 Å². The van der Waals surface area contributed by atoms with Crippen LogP contribution in [0.5, 0.6) is 0 Å². The number of likely N-dealkylation sites (N-methyl/N-ethyl adjacent to an activating group) is 1. The molecule has 2 heterocycles. The summed E-state index contributed by atoms with van der Waals surface area (Å²) in [6.45, 7) is 3.10. The van der Waals surface area contributed by atoms with Crippen LogP contribution in [0.25, 0.3) is 5.69 Å². The molecule has 1 aliphatic rings. The fourth-order valence-corrected chi connectivity index (χ4v) is 2.49. The fraction of sp³-hybridized carbons (Fsp3) is 0.429. The van der Waals surface area contributed by atoms with E-state index >= 15 is 0 Å². The number of likely N-dealkylation sites (tertiary alicyclic amines) is 1. The normalized spacial score (nSPS) is 19.9. The van der Waals surface area contributed by atoms with Gasteiger partial charge in [-0.1, -0.05) is 18.2 Å². The van der Waals surface area contributed by atoms with E-state index in [1.54, 1.807) is 4.80 Å². The predicted molar refractivity (Wildman–Crippen MR) is 74.1 cm³/mol. The molecular formula is C14H19N5. The first-order valence-electron chi connectivity index (χ1n) is 6.71. The van der Waals surface area contributed by atoms with E-state index in [2.05, 4.69) is 20.4 Å². The second kappa shape index (κ2) is 5.50. The molecule has 100 valence electrons. The van der Waals surface area contributed by atoms with Crippen LogP contribution in [0.4, 0.5) is 0 Å². The number of nitrogens with zero attached hydrogens (tertiary/aromatic N) is 4. The molecular weight excluding hydrogens is 238 g/mol. The van der Waals surface area contributed by atoms with Crippen molar-refractivity contribution in [2.45, 2.75) is 19.0 Å². The molecule has 1 aliphatic heterocycles. The summed E-state index contributed by atoms with van der Waals surface area (Å²) in [5.74, 6) is 0. The maximum absolute atomic E-state index is 4.54. The summed E-state index contributed by atoms with van der Waals surface area (Å²) in [5.41, 5.74) is 2.03. The third-order valence-electron chi connectivity index (χ3n) is 3.59. The lowest BCUT2D eigenvalue weighted by Gasteiger charge is -2.13. The van der Waals surface area contributed by atoms with Crippen LogP contribution < -0.4 is 5.32 Å². The molecule has 5 nitrogen and oxygen atoms in total. The summed E-state index contributed by atoms with van der Waals surface area (Å²) < 4.78 is 0. The van der Waals surface area contributed by atoms with Crippen molar-refractivity contribution in [3.63, 3.8) is 0 Å². The van der Waals surface area contributed by atoms with Crippen LogP contribution in [0.2, 0.25) is 0 Å². The third kappa shape index (κ3) is 2.83. The Kier molecular flexibility index (Phi) is 3.57. The smallest absolute Gasteiger partial charge is 0.0971 e. The summed E-state index contributed by atoms with van der Waals surface area (Å²) in [6.07, 6.45) is 3.07. The van der Waals surface area contributed by atoms with E-state index < -0.39 is 0 Å². The molecule has 19 heavy (non-hydrogen) atoms. The van der Waals surface area contributed by atoms with Gasteiger partial charge in [0, 0.05) is 25.7 Å². The molecule has 0 bridgehead atoms. The largest absolute Gasteiger partial charge is 0.316 e. The summed E-state index contributed by atoms with van der Waals surface area (Å²) in [4.78, 5) is 4.11. The van der Waals surface area contributed by atoms with E-state index in [0.717, 1.165) is 31.0 Å². The van der Waals surface area contributed by atoms with Gasteiger partial charge < -0.3 is 5.32 Å². The molecule has 2 aromatic rings. The van der Waals surface area contributed by atoms with Gasteiger partial charge in [-0.2, -0.15) is 15.0 Å². The molecule has 1 unspecified atom stereocenters. The summed E-state index contributed by atoms with van der Waals surface area (Å²) in [5, 5.41) is 12.2. The number of benzene rings is 1. The SMILES string of the molecule is CNC1CCN(Cc2cnn(-c3ccccc3)n2)C1. The summed E-state index contributed by atoms with van der Waals surface area (Å²) in [6, 6.07) is 10.6. The maximum Gasteiger partial charge on any atom is 0.0971 e. The van der Waals surface area contributed by atoms with E-state index in [0.29, 0.717) is 6.04 Å². The van der Waals surface area contributed by atoms with Gasteiger partial charge in [-0.05, 0) is 25.6 Å². The Morgan fingerprint density at radius 2 is 2.16 bits per heavy atom. The number of aromatic nitrogens is 3. The van der Waals surface area contributed by atoms with Crippen molar-refractivity contribution in [2.75, 3.05) is 20.1 Å². The van der Waals surface area contributed by atoms with E-state index in [9.17, 15) is 0 Å². The van der Waals surface area contributed by atoms with Crippen LogP contribution in [0.15, 0.2) is 36.5 Å². The minimum Gasteiger partial charge on any atom is -0.316 e. The van der Waals surface area contributed by atoms with Gasteiger partial charge in [-0.15, -0.1) is 0 Å². The van der Waals surface area contributed by atoms with Gasteiger partial charge in [-0.3, -0.25) is 4.90 Å². The summed E-state index contributed by atoms with van der Waals surface area (Å²) >= 11 is 0. The van der Waals surface area contributed by atoms with E-state index in [1.165, 1.54) is 6.42 Å². The molecule has 1 atom stereocenters. The second-order valence-electron chi connectivity index (χ2n) is 4.97. The average molecular weight is 257 g/mol. The minimum absolute atomic E-state index is 0.615. The van der Waals surface area contributed by atoms with E-state index in [1.807, 2.05) is 43.6 Å². The highest BCUT2D eigenvalue weighted by atomic mass is 15.5. The number of rotatable bonds is 4. The lowest BCUT2D eigenvalue weighted by atomic mass is 10.3. The minimum atomic E-state index is 0.615. The number of hydrogen-bond donors (Lipinski definition) is 1. The molecule has 1 N–H and O–H groups in total. The van der Waals surface area contributed by atoms with E-state index in [-0.39, 0.29) is 0 Å². The van der Waals surface area contributed by atoms with Gasteiger partial charge in [0.1, 0.15) is 0 Å². The second-order valence-corrected chi connectivity index (χ2v) is 4.97. The molecule has 0 aliphatic carbocycles. The van der Waals surface area contributed by atoms with Crippen LogP contribution >= 0.6 is 0 Å². The Balaban J connectivity index is 1.66. The van der Waals surface area contributed by atoms with Gasteiger partial charge >= 0.3 is 0 Å². The molecule has 1 aromatic carbocycles. The molecule has 1 saturated heterocycles. The van der Waals surface area contributed by atoms with Crippen molar-refractivity contribution in [2.24, 2.45) is 0 Å². The molecule has 1 aromatic heterocycles. The third-order valence-corrected chi connectivity index (χ3v) is 3.59. The highest BCUT2D eigenvalue weighted by Crippen LogP contribution is 2.12. The van der Waals surface area contributed by atoms with Crippen molar-refractivity contribution in [3.05, 3.63) is 42.2 Å². The van der Waals surface area contributed by atoms with Gasteiger partial charge in [0.05, 0.1) is 17.6 Å². The average Bonchev–Trinajstić information content (AvgIpc) is 3.09. The molecule has 0 amide bonds. The quantitative estimate of drug-likeness (QED) is 0.889. The zero-order valence-corrected chi connectivity index (χ0v) is 11.2. The summed E-state index contributed by atoms with van der Waals surface area (Å²) in [7, 11) is 2.03. The highest BCUT2D eigenvalue weighted by Gasteiger charge is 2.21. The highest BCUT2D eigenvalue weighted by molar-refractivity contribution is 5.28. The van der Waals surface area contributed by atoms with Crippen molar-refractivity contribution in [1.29, 1.82) is 0 Å². The van der Waals surface area contributed by atoms with Crippen LogP contribution in [-0.4, -0.2) is 46.1 Å². The number of nitrogens with one attached hydrogen (secondary N) is 1. The maximum atomic E-state index is 4.54. The Hall–Kier alpha value is -1.72. The first kappa shape index (κ1) is 12.3. The topological polar surface area (TPSA) is 46.0 Å². The van der Waals surface area contributed by atoms with Crippen LogP contribution in [0.1, 0.15) is 12.1 Å². The Bertz CT molecular complexity index is 522. The standard InChI is InChI=1S/C14H19N5/c1-15-12-7-8-18(10-12)11-13-9-16-19(17-13)14-5-3-2-4-6-14/h2-6,9,12,15H,7-8,10-11H2,1H3. The van der Waals surface area contributed by atoms with Crippen molar-refractivity contribution in [1.82, 2.24) is 25.2 Å². The van der Waals surface area contributed by atoms with Gasteiger partial charge in [-0.25, -0.2) is 0 Å². The molecule has 1 fully saturated rings. The van der Waals surface area contributed by atoms with Crippen molar-refractivity contribution >= 4 is 0 Å².